The summed E-state index contributed by atoms with van der Waals surface area (Å²) in [6, 6.07) is 2.69. The molecule has 3 rings (SSSR count). The predicted octanol–water partition coefficient (Wildman–Crippen LogP) is 2.80. The maximum Gasteiger partial charge on any atom is 0.191 e. The summed E-state index contributed by atoms with van der Waals surface area (Å²) in [5.74, 6) is 0.856. The number of nitrogens with one attached hydrogen (secondary N) is 2. The zero-order valence-electron chi connectivity index (χ0n) is 15.0. The summed E-state index contributed by atoms with van der Waals surface area (Å²) in [7, 11) is 0. The Kier molecular flexibility index (Phi) is 8.44. The van der Waals surface area contributed by atoms with E-state index in [4.69, 9.17) is 0 Å². The number of guanidine groups is 1. The van der Waals surface area contributed by atoms with Crippen molar-refractivity contribution >= 4 is 41.3 Å². The number of hydrogen-bond donors (Lipinski definition) is 3. The van der Waals surface area contributed by atoms with E-state index >= 15 is 0 Å². The molecule has 25 heavy (non-hydrogen) atoms. The predicted molar refractivity (Wildman–Crippen MR) is 116 cm³/mol. The number of hydrogen-bond acceptors (Lipinski definition) is 4. The lowest BCUT2D eigenvalue weighted by Crippen LogP contribution is -2.49. The van der Waals surface area contributed by atoms with Crippen LogP contribution in [0.4, 0.5) is 0 Å². The molecule has 2 heterocycles. The van der Waals surface area contributed by atoms with E-state index in [1.807, 2.05) is 0 Å². The largest absolute Gasteiger partial charge is 0.388 e. The normalized spacial score (nSPS) is 21.3. The van der Waals surface area contributed by atoms with Gasteiger partial charge >= 0.3 is 0 Å². The highest BCUT2D eigenvalue weighted by Gasteiger charge is 2.34. The maximum absolute atomic E-state index is 10.2. The van der Waals surface area contributed by atoms with E-state index in [-0.39, 0.29) is 24.0 Å². The fraction of sp³-hybridized carbons (Fsp3) is 0.722. The summed E-state index contributed by atoms with van der Waals surface area (Å²) in [5.41, 5.74) is 0.877. The first-order valence-corrected chi connectivity index (χ1v) is 10.1. The fourth-order valence-corrected chi connectivity index (χ4v) is 4.02. The second kappa shape index (κ2) is 10.1. The van der Waals surface area contributed by atoms with Crippen LogP contribution in [0, 0.1) is 0 Å². The smallest absolute Gasteiger partial charge is 0.191 e. The zero-order chi connectivity index (χ0) is 16.8. The van der Waals surface area contributed by atoms with Crippen LogP contribution in [0.1, 0.15) is 44.6 Å². The fourth-order valence-electron chi connectivity index (χ4n) is 3.36. The van der Waals surface area contributed by atoms with Crippen molar-refractivity contribution in [3.63, 3.8) is 0 Å². The average molecular weight is 478 g/mol. The van der Waals surface area contributed by atoms with Gasteiger partial charge < -0.3 is 15.7 Å². The van der Waals surface area contributed by atoms with Crippen molar-refractivity contribution in [1.29, 1.82) is 0 Å². The Morgan fingerprint density at radius 1 is 1.40 bits per heavy atom. The highest BCUT2D eigenvalue weighted by Crippen LogP contribution is 2.31. The van der Waals surface area contributed by atoms with Crippen LogP contribution in [0.2, 0.25) is 0 Å². The third-order valence-corrected chi connectivity index (χ3v) is 5.81. The van der Waals surface area contributed by atoms with E-state index in [1.165, 1.54) is 5.56 Å². The molecule has 142 valence electrons. The van der Waals surface area contributed by atoms with Gasteiger partial charge in [0.2, 0.25) is 0 Å². The number of likely N-dealkylation sites (tertiary alicyclic amines) is 1. The van der Waals surface area contributed by atoms with Crippen LogP contribution in [0.5, 0.6) is 0 Å². The minimum Gasteiger partial charge on any atom is -0.388 e. The molecule has 0 bridgehead atoms. The summed E-state index contributed by atoms with van der Waals surface area (Å²) in [6.07, 6.45) is 5.17. The molecule has 0 spiro atoms. The van der Waals surface area contributed by atoms with Gasteiger partial charge in [-0.15, -0.1) is 24.0 Å². The van der Waals surface area contributed by atoms with Crippen LogP contribution >= 0.6 is 35.3 Å². The van der Waals surface area contributed by atoms with E-state index in [0.29, 0.717) is 12.6 Å². The topological polar surface area (TPSA) is 59.9 Å². The van der Waals surface area contributed by atoms with Crippen LogP contribution in [0.25, 0.3) is 0 Å². The van der Waals surface area contributed by atoms with Gasteiger partial charge in [0.1, 0.15) is 0 Å². The molecule has 1 aromatic rings. The summed E-state index contributed by atoms with van der Waals surface area (Å²) in [5, 5.41) is 21.5. The summed E-state index contributed by atoms with van der Waals surface area (Å²) in [6.45, 7) is 6.75. The third kappa shape index (κ3) is 6.37. The molecule has 0 aromatic carbocycles. The van der Waals surface area contributed by atoms with Gasteiger partial charge in [-0.3, -0.25) is 9.89 Å². The van der Waals surface area contributed by atoms with E-state index in [1.54, 1.807) is 11.3 Å². The van der Waals surface area contributed by atoms with Crippen molar-refractivity contribution in [3.8, 4) is 0 Å². The van der Waals surface area contributed by atoms with Crippen LogP contribution in [-0.2, 0) is 6.54 Å². The van der Waals surface area contributed by atoms with E-state index < -0.39 is 5.60 Å². The first-order chi connectivity index (χ1) is 11.7. The number of thiophene rings is 1. The second-order valence-corrected chi connectivity index (χ2v) is 7.88. The molecule has 5 nitrogen and oxygen atoms in total. The molecular formula is C18H31IN4OS. The number of halogens is 1. The molecule has 1 aliphatic carbocycles. The van der Waals surface area contributed by atoms with Gasteiger partial charge in [-0.05, 0) is 61.4 Å². The molecule has 1 aliphatic heterocycles. The first kappa shape index (κ1) is 20.9. The number of nitrogens with zero attached hydrogens (tertiary/aromatic N) is 2. The van der Waals surface area contributed by atoms with E-state index in [0.717, 1.165) is 64.2 Å². The van der Waals surface area contributed by atoms with Gasteiger partial charge in [-0.1, -0.05) is 0 Å². The van der Waals surface area contributed by atoms with Crippen LogP contribution in [0.3, 0.4) is 0 Å². The minimum atomic E-state index is -0.549. The average Bonchev–Trinajstić information content (AvgIpc) is 3.06. The van der Waals surface area contributed by atoms with Crippen molar-refractivity contribution < 1.29 is 5.11 Å². The van der Waals surface area contributed by atoms with Crippen molar-refractivity contribution in [2.45, 2.75) is 57.2 Å². The standard InChI is InChI=1S/C18H30N4OS.HI/c1-2-19-17(20-14-18(23)7-3-8-18)21-16-4-9-22(10-5-16)12-15-6-11-24-13-15;/h6,11,13,16,23H,2-5,7-10,12,14H2,1H3,(H2,19,20,21);1H. The second-order valence-electron chi connectivity index (χ2n) is 7.10. The summed E-state index contributed by atoms with van der Waals surface area (Å²) < 4.78 is 0. The maximum atomic E-state index is 10.2. The Hall–Kier alpha value is -0.380. The first-order valence-electron chi connectivity index (χ1n) is 9.17. The van der Waals surface area contributed by atoms with Gasteiger partial charge in [-0.2, -0.15) is 11.3 Å². The van der Waals surface area contributed by atoms with Crippen molar-refractivity contribution in [3.05, 3.63) is 22.4 Å². The third-order valence-electron chi connectivity index (χ3n) is 5.07. The van der Waals surface area contributed by atoms with Gasteiger partial charge in [0.25, 0.3) is 0 Å². The van der Waals surface area contributed by atoms with Crippen LogP contribution in [0.15, 0.2) is 21.8 Å². The minimum absolute atomic E-state index is 0. The van der Waals surface area contributed by atoms with Crippen LogP contribution in [-0.4, -0.2) is 53.8 Å². The molecule has 1 saturated heterocycles. The van der Waals surface area contributed by atoms with Crippen molar-refractivity contribution in [1.82, 2.24) is 15.5 Å². The highest BCUT2D eigenvalue weighted by atomic mass is 127. The van der Waals surface area contributed by atoms with Gasteiger partial charge in [0.05, 0.1) is 12.1 Å². The lowest BCUT2D eigenvalue weighted by atomic mass is 9.80. The molecule has 1 saturated carbocycles. The molecule has 2 fully saturated rings. The van der Waals surface area contributed by atoms with Gasteiger partial charge in [0, 0.05) is 32.2 Å². The van der Waals surface area contributed by atoms with Crippen molar-refractivity contribution in [2.75, 3.05) is 26.2 Å². The Morgan fingerprint density at radius 3 is 2.72 bits per heavy atom. The lowest BCUT2D eigenvalue weighted by Gasteiger charge is -2.36. The molecule has 2 aliphatic rings. The molecule has 1 aromatic heterocycles. The Bertz CT molecular complexity index is 525. The SMILES string of the molecule is CCNC(=NCC1(O)CCC1)NC1CCN(Cc2ccsc2)CC1.I. The summed E-state index contributed by atoms with van der Waals surface area (Å²) >= 11 is 1.77. The monoisotopic (exact) mass is 478 g/mol. The number of piperidine rings is 1. The molecule has 3 N–H and O–H groups in total. The molecular weight excluding hydrogens is 447 g/mol. The Morgan fingerprint density at radius 2 is 2.16 bits per heavy atom. The summed E-state index contributed by atoms with van der Waals surface area (Å²) in [4.78, 5) is 7.14. The van der Waals surface area contributed by atoms with Gasteiger partial charge in [0.15, 0.2) is 5.96 Å². The number of aliphatic hydroxyl groups is 1. The number of rotatable bonds is 6. The molecule has 0 atom stereocenters. The van der Waals surface area contributed by atoms with E-state index in [2.05, 4.69) is 44.3 Å². The number of aliphatic imine (C=N–C) groups is 1. The molecule has 0 radical (unpaired) electrons. The quantitative estimate of drug-likeness (QED) is 0.335. The lowest BCUT2D eigenvalue weighted by molar-refractivity contribution is -0.0236. The van der Waals surface area contributed by atoms with Gasteiger partial charge in [-0.25, -0.2) is 0 Å². The highest BCUT2D eigenvalue weighted by molar-refractivity contribution is 14.0. The van der Waals surface area contributed by atoms with Crippen LogP contribution < -0.4 is 10.6 Å². The molecule has 0 amide bonds. The Balaban J connectivity index is 0.00000225. The van der Waals surface area contributed by atoms with E-state index in [9.17, 15) is 5.11 Å². The molecule has 0 unspecified atom stereocenters. The molecule has 7 heteroatoms. The van der Waals surface area contributed by atoms with Crippen molar-refractivity contribution in [2.24, 2.45) is 4.99 Å². The Labute approximate surface area is 172 Å². The zero-order valence-corrected chi connectivity index (χ0v) is 18.2.